The minimum Gasteiger partial charge on any atom is -0.469 e. The highest BCUT2D eigenvalue weighted by Gasteiger charge is 2.56. The number of aromatic nitrogens is 4. The van der Waals surface area contributed by atoms with Crippen molar-refractivity contribution in [1.29, 1.82) is 21.0 Å². The van der Waals surface area contributed by atoms with Crippen molar-refractivity contribution in [1.82, 2.24) is 19.9 Å². The minimum atomic E-state index is -1.02. The summed E-state index contributed by atoms with van der Waals surface area (Å²) in [5.74, 6) is -0.862. The van der Waals surface area contributed by atoms with Crippen LogP contribution in [-0.2, 0) is 20.4 Å². The third kappa shape index (κ3) is 4.31. The number of fused-ring (bicyclic) bond motifs is 6. The molecule has 3 atom stereocenters. The van der Waals surface area contributed by atoms with Crippen molar-refractivity contribution < 1.29 is 9.53 Å². The first-order valence-corrected chi connectivity index (χ1v) is 14.9. The van der Waals surface area contributed by atoms with Crippen LogP contribution in [0, 0.1) is 57.2 Å². The lowest BCUT2D eigenvalue weighted by Crippen LogP contribution is -2.41. The summed E-state index contributed by atoms with van der Waals surface area (Å²) in [5.41, 5.74) is 3.32. The molecule has 2 aromatic heterocycles. The molecule has 10 nitrogen and oxygen atoms in total. The van der Waals surface area contributed by atoms with Crippen LogP contribution in [0.4, 0.5) is 0 Å². The highest BCUT2D eigenvalue weighted by Crippen LogP contribution is 2.61. The number of benzene rings is 2. The molecule has 0 N–H and O–H groups in total. The Kier molecular flexibility index (Phi) is 7.31. The average molecular weight is 605 g/mol. The van der Waals surface area contributed by atoms with Crippen molar-refractivity contribution in [2.24, 2.45) is 11.8 Å². The molecule has 4 aromatic rings. The number of ether oxygens (including phenoxy) is 1. The number of esters is 1. The molecule has 46 heavy (non-hydrogen) atoms. The van der Waals surface area contributed by atoms with Crippen LogP contribution in [0.3, 0.4) is 0 Å². The summed E-state index contributed by atoms with van der Waals surface area (Å²) >= 11 is 0. The molecule has 2 heterocycles. The first-order valence-electron chi connectivity index (χ1n) is 14.9. The van der Waals surface area contributed by atoms with Gasteiger partial charge in [-0.15, -0.1) is 0 Å². The molecule has 2 aromatic carbocycles. The third-order valence-electron chi connectivity index (χ3n) is 9.14. The van der Waals surface area contributed by atoms with E-state index in [2.05, 4.69) is 24.9 Å². The SMILES string of the molecule is COC(=O)C(C)CC1(CC2(CC(C)C)c3ccccc3-c3nc(C#N)c(C#N)nc32)c2ccccc2-c2nc(C#N)c(C#N)nc21. The minimum absolute atomic E-state index is 0.0458. The van der Waals surface area contributed by atoms with Crippen molar-refractivity contribution in [2.45, 2.75) is 50.9 Å². The lowest BCUT2D eigenvalue weighted by Gasteiger charge is -2.42. The van der Waals surface area contributed by atoms with Crippen LogP contribution >= 0.6 is 0 Å². The molecule has 224 valence electrons. The smallest absolute Gasteiger partial charge is 0.308 e. The van der Waals surface area contributed by atoms with E-state index in [4.69, 9.17) is 19.7 Å². The monoisotopic (exact) mass is 604 g/mol. The fourth-order valence-electron chi connectivity index (χ4n) is 7.63. The van der Waals surface area contributed by atoms with Crippen LogP contribution in [0.1, 0.15) is 85.3 Å². The third-order valence-corrected chi connectivity index (χ3v) is 9.14. The van der Waals surface area contributed by atoms with Crippen LogP contribution in [0.25, 0.3) is 22.5 Å². The largest absolute Gasteiger partial charge is 0.469 e. The van der Waals surface area contributed by atoms with Gasteiger partial charge in [0.2, 0.25) is 0 Å². The summed E-state index contributed by atoms with van der Waals surface area (Å²) in [4.78, 5) is 32.2. The van der Waals surface area contributed by atoms with E-state index >= 15 is 0 Å². The molecule has 0 fully saturated rings. The lowest BCUT2D eigenvalue weighted by atomic mass is 9.60. The maximum atomic E-state index is 13.1. The van der Waals surface area contributed by atoms with Crippen LogP contribution in [0.15, 0.2) is 48.5 Å². The molecule has 6 rings (SSSR count). The second-order valence-electron chi connectivity index (χ2n) is 12.3. The maximum Gasteiger partial charge on any atom is 0.308 e. The van der Waals surface area contributed by atoms with Crippen molar-refractivity contribution in [3.63, 3.8) is 0 Å². The lowest BCUT2D eigenvalue weighted by molar-refractivity contribution is -0.145. The molecule has 3 unspecified atom stereocenters. The molecule has 0 aliphatic heterocycles. The molecule has 0 bridgehead atoms. The number of carbonyl (C=O) groups is 1. The number of rotatable bonds is 7. The Morgan fingerprint density at radius 2 is 1.11 bits per heavy atom. The summed E-state index contributed by atoms with van der Waals surface area (Å²) in [6, 6.07) is 23.7. The van der Waals surface area contributed by atoms with Gasteiger partial charge in [-0.25, -0.2) is 19.9 Å². The van der Waals surface area contributed by atoms with Gasteiger partial charge in [0.15, 0.2) is 22.8 Å². The van der Waals surface area contributed by atoms with E-state index in [1.807, 2.05) is 66.7 Å². The average Bonchev–Trinajstić information content (AvgIpc) is 3.48. The second-order valence-corrected chi connectivity index (χ2v) is 12.3. The van der Waals surface area contributed by atoms with E-state index in [0.29, 0.717) is 35.6 Å². The summed E-state index contributed by atoms with van der Waals surface area (Å²) < 4.78 is 5.19. The first-order chi connectivity index (χ1) is 22.2. The Morgan fingerprint density at radius 3 is 1.52 bits per heavy atom. The summed E-state index contributed by atoms with van der Waals surface area (Å²) in [6.45, 7) is 6.02. The molecule has 0 saturated heterocycles. The van der Waals surface area contributed by atoms with Gasteiger partial charge in [-0.3, -0.25) is 4.79 Å². The van der Waals surface area contributed by atoms with Gasteiger partial charge in [0.05, 0.1) is 35.8 Å². The summed E-state index contributed by atoms with van der Waals surface area (Å²) in [7, 11) is 1.35. The Morgan fingerprint density at radius 1 is 0.696 bits per heavy atom. The molecular formula is C36H28N8O2. The van der Waals surface area contributed by atoms with E-state index in [9.17, 15) is 25.8 Å². The second kappa shape index (κ2) is 11.2. The van der Waals surface area contributed by atoms with E-state index in [0.717, 1.165) is 22.3 Å². The van der Waals surface area contributed by atoms with Gasteiger partial charge in [0, 0.05) is 22.0 Å². The number of carbonyl (C=O) groups excluding carboxylic acids is 1. The zero-order valence-electron chi connectivity index (χ0n) is 25.8. The Hall–Kier alpha value is -5.97. The summed E-state index contributed by atoms with van der Waals surface area (Å²) in [5, 5.41) is 39.8. The van der Waals surface area contributed by atoms with Gasteiger partial charge in [-0.2, -0.15) is 21.0 Å². The highest BCUT2D eigenvalue weighted by atomic mass is 16.5. The Bertz CT molecular complexity index is 2110. The molecular weight excluding hydrogens is 576 g/mol. The van der Waals surface area contributed by atoms with E-state index < -0.39 is 22.7 Å². The van der Waals surface area contributed by atoms with Crippen LogP contribution in [0.5, 0.6) is 0 Å². The number of hydrogen-bond donors (Lipinski definition) is 0. The van der Waals surface area contributed by atoms with E-state index in [1.54, 1.807) is 6.92 Å². The summed E-state index contributed by atoms with van der Waals surface area (Å²) in [6.07, 6.45) is 1.16. The molecule has 0 saturated carbocycles. The molecule has 2 aliphatic carbocycles. The van der Waals surface area contributed by atoms with Crippen LogP contribution < -0.4 is 0 Å². The maximum absolute atomic E-state index is 13.1. The van der Waals surface area contributed by atoms with Gasteiger partial charge in [-0.1, -0.05) is 69.3 Å². The van der Waals surface area contributed by atoms with Crippen LogP contribution in [0.2, 0.25) is 0 Å². The van der Waals surface area contributed by atoms with Crippen molar-refractivity contribution in [2.75, 3.05) is 7.11 Å². The molecule has 0 spiro atoms. The van der Waals surface area contributed by atoms with Gasteiger partial charge < -0.3 is 4.74 Å². The zero-order valence-corrected chi connectivity index (χ0v) is 25.8. The molecule has 2 aliphatic rings. The quantitative estimate of drug-likeness (QED) is 0.241. The normalized spacial score (nSPS) is 19.0. The number of hydrogen-bond acceptors (Lipinski definition) is 10. The standard InChI is InChI=1S/C36H28N8O2/c1-20(2)13-35(24-11-7-5-9-22(24)30-32(35)43-28(17-39)26(15-37)41-30)19-36(14-21(3)34(45)46-4)25-12-8-6-10-23(25)31-33(36)44-29(18-40)27(16-38)42-31/h5-12,20-21H,13-14,19H2,1-4H3. The number of methoxy groups -OCH3 is 1. The van der Waals surface area contributed by atoms with Crippen molar-refractivity contribution >= 4 is 5.97 Å². The molecule has 0 radical (unpaired) electrons. The van der Waals surface area contributed by atoms with Gasteiger partial charge >= 0.3 is 5.97 Å². The van der Waals surface area contributed by atoms with Crippen LogP contribution in [-0.4, -0.2) is 33.0 Å². The topological polar surface area (TPSA) is 173 Å². The van der Waals surface area contributed by atoms with E-state index in [1.165, 1.54) is 7.11 Å². The fraction of sp³-hybridized carbons (Fsp3) is 0.306. The van der Waals surface area contributed by atoms with Gasteiger partial charge in [0.25, 0.3) is 0 Å². The highest BCUT2D eigenvalue weighted by molar-refractivity contribution is 5.82. The predicted molar refractivity (Wildman–Crippen MR) is 165 cm³/mol. The first kappa shape index (κ1) is 30.1. The van der Waals surface area contributed by atoms with Crippen molar-refractivity contribution in [3.8, 4) is 46.8 Å². The molecule has 10 heteroatoms. The Balaban J connectivity index is 1.74. The zero-order chi connectivity index (χ0) is 32.8. The fourth-order valence-corrected chi connectivity index (χ4v) is 7.63. The molecule has 0 amide bonds. The van der Waals surface area contributed by atoms with Gasteiger partial charge in [0.1, 0.15) is 24.3 Å². The van der Waals surface area contributed by atoms with Gasteiger partial charge in [-0.05, 0) is 36.3 Å². The van der Waals surface area contributed by atoms with Crippen molar-refractivity contribution in [3.05, 3.63) is 93.8 Å². The predicted octanol–water partition coefficient (Wildman–Crippen LogP) is 5.62. The van der Waals surface area contributed by atoms with E-state index in [-0.39, 0.29) is 35.1 Å². The Labute approximate surface area is 266 Å². The number of nitriles is 4. The number of nitrogens with zero attached hydrogens (tertiary/aromatic N) is 8.